The van der Waals surface area contributed by atoms with Crippen molar-refractivity contribution in [2.45, 2.75) is 38.0 Å². The van der Waals surface area contributed by atoms with Gasteiger partial charge in [-0.1, -0.05) is 29.3 Å². The average Bonchev–Trinajstić information content (AvgIpc) is 3.05. The molecule has 0 aliphatic carbocycles. The molecule has 3 rings (SSSR count). The number of likely N-dealkylation sites (tertiary alicyclic amines) is 1. The van der Waals surface area contributed by atoms with Crippen molar-refractivity contribution in [3.63, 3.8) is 0 Å². The van der Waals surface area contributed by atoms with Gasteiger partial charge in [0.05, 0.1) is 35.7 Å². The highest BCUT2D eigenvalue weighted by molar-refractivity contribution is 6.42. The molecule has 2 aliphatic heterocycles. The normalized spacial score (nSPS) is 23.0. The van der Waals surface area contributed by atoms with Crippen LogP contribution in [-0.2, 0) is 20.7 Å². The van der Waals surface area contributed by atoms with Crippen LogP contribution in [0.5, 0.6) is 0 Å². The van der Waals surface area contributed by atoms with Gasteiger partial charge in [-0.15, -0.1) is 0 Å². The third kappa shape index (κ3) is 3.57. The number of carbonyl (C=O) groups excluding carboxylic acids is 1. The number of carbonyl (C=O) groups is 1. The highest BCUT2D eigenvalue weighted by atomic mass is 35.5. The molecule has 1 atom stereocenters. The zero-order chi connectivity index (χ0) is 15.5. The van der Waals surface area contributed by atoms with Gasteiger partial charge < -0.3 is 14.4 Å². The third-order valence-electron chi connectivity index (χ3n) is 4.17. The van der Waals surface area contributed by atoms with Crippen molar-refractivity contribution in [3.05, 3.63) is 33.8 Å². The van der Waals surface area contributed by atoms with E-state index in [0.29, 0.717) is 29.7 Å². The first kappa shape index (κ1) is 16.1. The average molecular weight is 344 g/mol. The zero-order valence-corrected chi connectivity index (χ0v) is 13.8. The molecular formula is C16H19Cl2NO3. The van der Waals surface area contributed by atoms with E-state index in [1.165, 1.54) is 0 Å². The molecule has 120 valence electrons. The summed E-state index contributed by atoms with van der Waals surface area (Å²) in [5, 5.41) is 0.978. The minimum atomic E-state index is -0.280. The van der Waals surface area contributed by atoms with Crippen LogP contribution >= 0.6 is 23.2 Å². The van der Waals surface area contributed by atoms with Crippen LogP contribution in [0.2, 0.25) is 10.0 Å². The fourth-order valence-electron chi connectivity index (χ4n) is 3.07. The number of benzene rings is 1. The Morgan fingerprint density at radius 3 is 2.68 bits per heavy atom. The van der Waals surface area contributed by atoms with Gasteiger partial charge in [0.15, 0.2) is 6.29 Å². The van der Waals surface area contributed by atoms with E-state index in [0.717, 1.165) is 31.4 Å². The highest BCUT2D eigenvalue weighted by Gasteiger charge is 2.36. The number of hydrogen-bond donors (Lipinski definition) is 0. The Bertz CT molecular complexity index is 546. The summed E-state index contributed by atoms with van der Waals surface area (Å²) in [4.78, 5) is 14.6. The van der Waals surface area contributed by atoms with Crippen molar-refractivity contribution in [1.29, 1.82) is 0 Å². The standard InChI is InChI=1S/C16H19Cl2NO3/c17-12-5-4-11(9-13(12)18)10-15(20)19-6-2-1-3-14(19)16-21-7-8-22-16/h4-5,9,14,16H,1-3,6-8,10H2. The summed E-state index contributed by atoms with van der Waals surface area (Å²) in [6.07, 6.45) is 3.09. The summed E-state index contributed by atoms with van der Waals surface area (Å²) >= 11 is 11.9. The van der Waals surface area contributed by atoms with Gasteiger partial charge in [-0.2, -0.15) is 0 Å². The van der Waals surface area contributed by atoms with Crippen LogP contribution in [0, 0.1) is 0 Å². The Morgan fingerprint density at radius 1 is 1.18 bits per heavy atom. The van der Waals surface area contributed by atoms with Crippen molar-refractivity contribution < 1.29 is 14.3 Å². The van der Waals surface area contributed by atoms with Gasteiger partial charge in [0.2, 0.25) is 5.91 Å². The lowest BCUT2D eigenvalue weighted by Crippen LogP contribution is -2.50. The molecule has 2 aliphatic rings. The van der Waals surface area contributed by atoms with E-state index in [1.807, 2.05) is 11.0 Å². The molecular weight excluding hydrogens is 325 g/mol. The van der Waals surface area contributed by atoms with E-state index in [1.54, 1.807) is 12.1 Å². The lowest BCUT2D eigenvalue weighted by Gasteiger charge is -2.38. The molecule has 1 unspecified atom stereocenters. The molecule has 2 heterocycles. The fraction of sp³-hybridized carbons (Fsp3) is 0.562. The zero-order valence-electron chi connectivity index (χ0n) is 12.3. The molecule has 1 amide bonds. The second kappa shape index (κ2) is 7.18. The molecule has 0 spiro atoms. The summed E-state index contributed by atoms with van der Waals surface area (Å²) in [5.74, 6) is 0.0854. The van der Waals surface area contributed by atoms with E-state index < -0.39 is 0 Å². The number of ether oxygens (including phenoxy) is 2. The Kier molecular flexibility index (Phi) is 5.24. The molecule has 6 heteroatoms. The van der Waals surface area contributed by atoms with Gasteiger partial charge in [-0.05, 0) is 37.0 Å². The minimum absolute atomic E-state index is 0.0199. The van der Waals surface area contributed by atoms with Gasteiger partial charge in [0, 0.05) is 6.54 Å². The largest absolute Gasteiger partial charge is 0.348 e. The molecule has 0 N–H and O–H groups in total. The van der Waals surface area contributed by atoms with Crippen molar-refractivity contribution in [2.75, 3.05) is 19.8 Å². The maximum atomic E-state index is 12.7. The topological polar surface area (TPSA) is 38.8 Å². The summed E-state index contributed by atoms with van der Waals surface area (Å²) in [6.45, 7) is 1.97. The van der Waals surface area contributed by atoms with Gasteiger partial charge in [0.25, 0.3) is 0 Å². The van der Waals surface area contributed by atoms with Crippen LogP contribution in [0.3, 0.4) is 0 Å². The molecule has 2 fully saturated rings. The molecule has 0 aromatic heterocycles. The Hall–Kier alpha value is -0.810. The first-order valence-electron chi connectivity index (χ1n) is 7.62. The third-order valence-corrected chi connectivity index (χ3v) is 4.91. The molecule has 1 aromatic rings. The molecule has 1 aromatic carbocycles. The van der Waals surface area contributed by atoms with Crippen LogP contribution in [0.25, 0.3) is 0 Å². The quantitative estimate of drug-likeness (QED) is 0.845. The van der Waals surface area contributed by atoms with E-state index in [4.69, 9.17) is 32.7 Å². The molecule has 22 heavy (non-hydrogen) atoms. The van der Waals surface area contributed by atoms with E-state index >= 15 is 0 Å². The second-order valence-corrected chi connectivity index (χ2v) is 6.50. The molecule has 2 saturated heterocycles. The molecule has 0 bridgehead atoms. The molecule has 0 saturated carbocycles. The van der Waals surface area contributed by atoms with Gasteiger partial charge >= 0.3 is 0 Å². The summed E-state index contributed by atoms with van der Waals surface area (Å²) in [6, 6.07) is 5.34. The van der Waals surface area contributed by atoms with Gasteiger partial charge in [-0.25, -0.2) is 0 Å². The van der Waals surface area contributed by atoms with E-state index in [-0.39, 0.29) is 18.2 Å². The lowest BCUT2D eigenvalue weighted by molar-refractivity contribution is -0.149. The number of nitrogens with zero attached hydrogens (tertiary/aromatic N) is 1. The van der Waals surface area contributed by atoms with Crippen molar-refractivity contribution in [3.8, 4) is 0 Å². The van der Waals surface area contributed by atoms with Crippen molar-refractivity contribution in [2.24, 2.45) is 0 Å². The first-order valence-corrected chi connectivity index (χ1v) is 8.37. The Morgan fingerprint density at radius 2 is 1.95 bits per heavy atom. The van der Waals surface area contributed by atoms with Crippen molar-refractivity contribution in [1.82, 2.24) is 4.90 Å². The summed E-state index contributed by atoms with van der Waals surface area (Å²) in [5.41, 5.74) is 0.872. The second-order valence-electron chi connectivity index (χ2n) is 5.69. The first-order chi connectivity index (χ1) is 10.6. The van der Waals surface area contributed by atoms with Gasteiger partial charge in [0.1, 0.15) is 0 Å². The van der Waals surface area contributed by atoms with Crippen LogP contribution in [0.1, 0.15) is 24.8 Å². The summed E-state index contributed by atoms with van der Waals surface area (Å²) in [7, 11) is 0. The highest BCUT2D eigenvalue weighted by Crippen LogP contribution is 2.26. The number of piperidine rings is 1. The Balaban J connectivity index is 1.69. The predicted octanol–water partition coefficient (Wildman–Crippen LogP) is 3.29. The van der Waals surface area contributed by atoms with Gasteiger partial charge in [-0.3, -0.25) is 4.79 Å². The van der Waals surface area contributed by atoms with Crippen molar-refractivity contribution >= 4 is 29.1 Å². The number of amides is 1. The van der Waals surface area contributed by atoms with E-state index in [9.17, 15) is 4.79 Å². The number of halogens is 2. The summed E-state index contributed by atoms with van der Waals surface area (Å²) < 4.78 is 11.2. The predicted molar refractivity (Wildman–Crippen MR) is 85.2 cm³/mol. The molecule has 4 nitrogen and oxygen atoms in total. The fourth-order valence-corrected chi connectivity index (χ4v) is 3.40. The van der Waals surface area contributed by atoms with Crippen LogP contribution in [-0.4, -0.2) is 42.9 Å². The molecule has 0 radical (unpaired) electrons. The lowest BCUT2D eigenvalue weighted by atomic mass is 10.00. The van der Waals surface area contributed by atoms with Crippen LogP contribution in [0.15, 0.2) is 18.2 Å². The maximum Gasteiger partial charge on any atom is 0.227 e. The monoisotopic (exact) mass is 343 g/mol. The Labute approximate surface area is 140 Å². The maximum absolute atomic E-state index is 12.7. The van der Waals surface area contributed by atoms with Crippen LogP contribution in [0.4, 0.5) is 0 Å². The number of rotatable bonds is 3. The number of hydrogen-bond acceptors (Lipinski definition) is 3. The minimum Gasteiger partial charge on any atom is -0.348 e. The SMILES string of the molecule is O=C(Cc1ccc(Cl)c(Cl)c1)N1CCCCC1C1OCCO1. The van der Waals surface area contributed by atoms with Crippen LogP contribution < -0.4 is 0 Å². The smallest absolute Gasteiger partial charge is 0.227 e. The van der Waals surface area contributed by atoms with E-state index in [2.05, 4.69) is 0 Å².